The molecular formula is C50H56N3+. The van der Waals surface area contributed by atoms with Gasteiger partial charge in [-0.15, -0.1) is 0 Å². The molecule has 3 nitrogen and oxygen atoms in total. The van der Waals surface area contributed by atoms with Crippen LogP contribution in [0.5, 0.6) is 0 Å². The van der Waals surface area contributed by atoms with Gasteiger partial charge >= 0.3 is 0 Å². The van der Waals surface area contributed by atoms with Crippen LogP contribution in [0.1, 0.15) is 77.0 Å². The van der Waals surface area contributed by atoms with E-state index in [-0.39, 0.29) is 0 Å². The molecule has 2 atom stereocenters. The van der Waals surface area contributed by atoms with Crippen LogP contribution in [0.3, 0.4) is 0 Å². The zero-order valence-corrected chi connectivity index (χ0v) is 32.3. The highest BCUT2D eigenvalue weighted by atomic mass is 15.1. The van der Waals surface area contributed by atoms with Crippen molar-refractivity contribution in [2.45, 2.75) is 66.3 Å². The molecule has 6 aromatic carbocycles. The number of hydrogen-bond acceptors (Lipinski definition) is 3. The van der Waals surface area contributed by atoms with Crippen molar-refractivity contribution in [1.82, 2.24) is 0 Å². The van der Waals surface area contributed by atoms with Crippen LogP contribution >= 0.6 is 0 Å². The highest BCUT2D eigenvalue weighted by molar-refractivity contribution is 5.98. The second-order valence-electron chi connectivity index (χ2n) is 15.9. The van der Waals surface area contributed by atoms with Gasteiger partial charge in [0.05, 0.1) is 39.7 Å². The molecule has 53 heavy (non-hydrogen) atoms. The summed E-state index contributed by atoms with van der Waals surface area (Å²) in [4.78, 5) is 4.88. The first-order valence-electron chi connectivity index (χ1n) is 19.9. The van der Waals surface area contributed by atoms with Crippen molar-refractivity contribution in [2.75, 3.05) is 28.2 Å². The molecule has 1 N–H and O–H groups in total. The Morgan fingerprint density at radius 1 is 0.528 bits per heavy atom. The van der Waals surface area contributed by atoms with E-state index in [1.54, 1.807) is 0 Å². The van der Waals surface area contributed by atoms with Crippen LogP contribution in [0, 0.1) is 23.7 Å². The molecule has 0 radical (unpaired) electrons. The third kappa shape index (κ3) is 8.41. The van der Waals surface area contributed by atoms with Crippen molar-refractivity contribution in [3.63, 3.8) is 0 Å². The largest absolute Gasteiger partial charge is 0.381 e. The highest BCUT2D eigenvalue weighted by Crippen LogP contribution is 2.41. The van der Waals surface area contributed by atoms with Gasteiger partial charge in [0.1, 0.15) is 0 Å². The number of nitrogens with one attached hydrogen (secondary N) is 1. The Labute approximate surface area is 318 Å². The Bertz CT molecular complexity index is 1940. The second-order valence-corrected chi connectivity index (χ2v) is 15.9. The molecule has 0 amide bonds. The van der Waals surface area contributed by atoms with Crippen molar-refractivity contribution < 1.29 is 0 Å². The fraction of sp³-hybridized carbons (Fsp3) is 0.300. The zero-order valence-electron chi connectivity index (χ0n) is 32.3. The van der Waals surface area contributed by atoms with E-state index in [0.29, 0.717) is 23.8 Å². The summed E-state index contributed by atoms with van der Waals surface area (Å²) in [6.45, 7) is 13.5. The van der Waals surface area contributed by atoms with Gasteiger partial charge in [-0.2, -0.15) is 0 Å². The number of para-hydroxylation sites is 2. The quantitative estimate of drug-likeness (QED) is 0.0957. The first kappa shape index (κ1) is 36.2. The van der Waals surface area contributed by atoms with E-state index in [1.165, 1.54) is 87.5 Å². The summed E-state index contributed by atoms with van der Waals surface area (Å²) in [5, 5.41) is 6.56. The molecule has 2 unspecified atom stereocenters. The molecule has 0 bridgehead atoms. The smallest absolute Gasteiger partial charge is 0.0638 e. The van der Waals surface area contributed by atoms with Crippen LogP contribution < -0.4 is 15.1 Å². The molecule has 270 valence electrons. The molecule has 7 rings (SSSR count). The van der Waals surface area contributed by atoms with E-state index in [9.17, 15) is 0 Å². The van der Waals surface area contributed by atoms with E-state index in [4.69, 9.17) is 0 Å². The number of anilines is 5. The van der Waals surface area contributed by atoms with E-state index < -0.39 is 0 Å². The van der Waals surface area contributed by atoms with Gasteiger partial charge in [-0.1, -0.05) is 96.0 Å². The van der Waals surface area contributed by atoms with Gasteiger partial charge < -0.3 is 15.1 Å². The summed E-state index contributed by atoms with van der Waals surface area (Å²) >= 11 is 0. The van der Waals surface area contributed by atoms with Gasteiger partial charge in [0.2, 0.25) is 0 Å². The Balaban J connectivity index is 1.31. The fourth-order valence-electron chi connectivity index (χ4n) is 8.13. The van der Waals surface area contributed by atoms with Crippen molar-refractivity contribution in [3.05, 3.63) is 168 Å². The minimum atomic E-state index is 0.512. The van der Waals surface area contributed by atoms with Gasteiger partial charge in [0, 0.05) is 41.3 Å². The lowest BCUT2D eigenvalue weighted by molar-refractivity contribution is 0.350. The molecule has 6 aromatic rings. The van der Waals surface area contributed by atoms with Crippen molar-refractivity contribution in [3.8, 4) is 0 Å². The standard InChI is InChI=1S/C50H56N3/c1-36(2)34-52(41-17-8-6-9-18-41)43-28-24-39(25-29-43)50(40-26-30-44(31-27-40)53(35-37(3)4)42-19-10-7-11-20-42)47-32-33-49(46-22-14-13-21-45(46)47)51-48-23-15-12-16-38(48)5/h6-11,13-14,17-22,24-33,36-38,48,51H,12,15-16,23,34-35H2,1-5H3/q+1. The number of rotatable bonds is 13. The van der Waals surface area contributed by atoms with Crippen molar-refractivity contribution >= 4 is 39.2 Å². The van der Waals surface area contributed by atoms with Crippen LogP contribution in [0.15, 0.2) is 146 Å². The zero-order chi connectivity index (χ0) is 36.7. The predicted molar refractivity (Wildman–Crippen MR) is 229 cm³/mol. The lowest BCUT2D eigenvalue weighted by atomic mass is 9.82. The highest BCUT2D eigenvalue weighted by Gasteiger charge is 2.28. The molecule has 0 aliphatic heterocycles. The maximum atomic E-state index is 4.00. The van der Waals surface area contributed by atoms with Crippen LogP contribution in [0.2, 0.25) is 0 Å². The molecule has 1 aliphatic rings. The number of hydrogen-bond donors (Lipinski definition) is 1. The van der Waals surface area contributed by atoms with Crippen molar-refractivity contribution in [2.24, 2.45) is 17.8 Å². The monoisotopic (exact) mass is 698 g/mol. The molecule has 0 heterocycles. The minimum absolute atomic E-state index is 0.512. The average molecular weight is 699 g/mol. The molecule has 1 saturated carbocycles. The van der Waals surface area contributed by atoms with Crippen LogP contribution in [-0.2, 0) is 0 Å². The summed E-state index contributed by atoms with van der Waals surface area (Å²) in [6, 6.07) is 54.3. The van der Waals surface area contributed by atoms with E-state index in [1.807, 2.05) is 0 Å². The molecule has 0 spiro atoms. The second kappa shape index (κ2) is 16.7. The Morgan fingerprint density at radius 3 is 1.47 bits per heavy atom. The third-order valence-electron chi connectivity index (χ3n) is 10.8. The summed E-state index contributed by atoms with van der Waals surface area (Å²) < 4.78 is 0. The van der Waals surface area contributed by atoms with Crippen LogP contribution in [-0.4, -0.2) is 19.1 Å². The summed E-state index contributed by atoms with van der Waals surface area (Å²) in [7, 11) is 0. The molecule has 1 aliphatic carbocycles. The van der Waals surface area contributed by atoms with E-state index in [0.717, 1.165) is 13.1 Å². The predicted octanol–water partition coefficient (Wildman–Crippen LogP) is 13.4. The van der Waals surface area contributed by atoms with E-state index >= 15 is 0 Å². The first-order chi connectivity index (χ1) is 25.9. The molecular weight excluding hydrogens is 643 g/mol. The van der Waals surface area contributed by atoms with Crippen molar-refractivity contribution in [1.29, 1.82) is 0 Å². The number of benzene rings is 6. The topological polar surface area (TPSA) is 18.5 Å². The molecule has 3 heteroatoms. The molecule has 1 fully saturated rings. The van der Waals surface area contributed by atoms with Crippen LogP contribution in [0.4, 0.5) is 28.4 Å². The average Bonchev–Trinajstić information content (AvgIpc) is 3.19. The maximum absolute atomic E-state index is 4.00. The number of fused-ring (bicyclic) bond motifs is 1. The number of nitrogens with zero attached hydrogens (tertiary/aromatic N) is 2. The van der Waals surface area contributed by atoms with E-state index in [2.05, 4.69) is 195 Å². The normalized spacial score (nSPS) is 15.8. The lowest BCUT2D eigenvalue weighted by Crippen LogP contribution is -2.30. The Hall–Kier alpha value is -5.15. The summed E-state index contributed by atoms with van der Waals surface area (Å²) in [5.74, 6) is 2.98. The fourth-order valence-corrected chi connectivity index (χ4v) is 8.13. The summed E-state index contributed by atoms with van der Waals surface area (Å²) in [5.41, 5.74) is 9.79. The summed E-state index contributed by atoms with van der Waals surface area (Å²) in [6.07, 6.45) is 5.19. The SMILES string of the molecule is CC(C)CN(c1ccccc1)c1ccc([C+](c2ccc(N(CC(C)C)c3ccccc3)cc2)c2ccc(NC3CCCCC3C)c3ccccc23)cc1. The minimum Gasteiger partial charge on any atom is -0.381 e. The first-order valence-corrected chi connectivity index (χ1v) is 19.9. The Kier molecular flexibility index (Phi) is 11.4. The van der Waals surface area contributed by atoms with Gasteiger partial charge in [-0.3, -0.25) is 0 Å². The lowest BCUT2D eigenvalue weighted by Gasteiger charge is -2.31. The molecule has 0 aromatic heterocycles. The van der Waals surface area contributed by atoms with Gasteiger partial charge in [-0.25, -0.2) is 0 Å². The maximum Gasteiger partial charge on any atom is 0.0638 e. The van der Waals surface area contributed by atoms with Gasteiger partial charge in [-0.05, 0) is 128 Å². The Morgan fingerprint density at radius 2 is 0.981 bits per heavy atom. The van der Waals surface area contributed by atoms with Gasteiger partial charge in [0.15, 0.2) is 0 Å². The molecule has 0 saturated heterocycles. The van der Waals surface area contributed by atoms with Gasteiger partial charge in [0.25, 0.3) is 0 Å². The van der Waals surface area contributed by atoms with Crippen LogP contribution in [0.25, 0.3) is 10.8 Å². The third-order valence-corrected chi connectivity index (χ3v) is 10.8.